The van der Waals surface area contributed by atoms with Crippen LogP contribution in [0.4, 0.5) is 5.69 Å². The van der Waals surface area contributed by atoms with Crippen molar-refractivity contribution in [2.45, 2.75) is 19.9 Å². The summed E-state index contributed by atoms with van der Waals surface area (Å²) in [7, 11) is 0. The molecular formula is C28H24N2O6. The van der Waals surface area contributed by atoms with Gasteiger partial charge >= 0.3 is 5.97 Å². The highest BCUT2D eigenvalue weighted by Crippen LogP contribution is 2.29. The predicted octanol–water partition coefficient (Wildman–Crippen LogP) is 3.63. The van der Waals surface area contributed by atoms with Crippen LogP contribution in [-0.4, -0.2) is 48.3 Å². The van der Waals surface area contributed by atoms with E-state index < -0.39 is 12.6 Å². The molecule has 0 bridgehead atoms. The van der Waals surface area contributed by atoms with Gasteiger partial charge < -0.3 is 14.4 Å². The molecule has 0 aromatic heterocycles. The van der Waals surface area contributed by atoms with Crippen molar-refractivity contribution >= 4 is 29.4 Å². The Balaban J connectivity index is 1.31. The van der Waals surface area contributed by atoms with Gasteiger partial charge in [-0.05, 0) is 54.8 Å². The lowest BCUT2D eigenvalue weighted by Crippen LogP contribution is -2.33. The minimum atomic E-state index is -0.719. The highest BCUT2D eigenvalue weighted by atomic mass is 16.5. The summed E-state index contributed by atoms with van der Waals surface area (Å²) in [6, 6.07) is 19.1. The monoisotopic (exact) mass is 484 g/mol. The lowest BCUT2D eigenvalue weighted by atomic mass is 10.1. The van der Waals surface area contributed by atoms with Crippen LogP contribution in [0.3, 0.4) is 0 Å². The summed E-state index contributed by atoms with van der Waals surface area (Å²) in [5, 5.41) is 0. The van der Waals surface area contributed by atoms with Gasteiger partial charge in [-0.3, -0.25) is 19.3 Å². The Bertz CT molecular complexity index is 1350. The number of benzene rings is 3. The van der Waals surface area contributed by atoms with E-state index in [4.69, 9.17) is 9.47 Å². The van der Waals surface area contributed by atoms with Crippen LogP contribution in [0, 0.1) is 0 Å². The molecule has 0 aliphatic carbocycles. The predicted molar refractivity (Wildman–Crippen MR) is 131 cm³/mol. The van der Waals surface area contributed by atoms with Gasteiger partial charge in [0.25, 0.3) is 17.7 Å². The molecule has 2 aliphatic heterocycles. The summed E-state index contributed by atoms with van der Waals surface area (Å²) < 4.78 is 11.0. The SMILES string of the molecule is CCOc1ccc(CN2C(=O)c3ccccc3C2=O)cc1C(=O)OCC(=O)N1CCc2ccccc21. The van der Waals surface area contributed by atoms with Gasteiger partial charge in [0.15, 0.2) is 6.61 Å². The van der Waals surface area contributed by atoms with Crippen molar-refractivity contribution in [2.75, 3.05) is 24.7 Å². The van der Waals surface area contributed by atoms with Crippen LogP contribution < -0.4 is 9.64 Å². The van der Waals surface area contributed by atoms with E-state index in [0.29, 0.717) is 35.6 Å². The van der Waals surface area contributed by atoms with Crippen molar-refractivity contribution in [2.24, 2.45) is 0 Å². The van der Waals surface area contributed by atoms with Crippen LogP contribution in [0.2, 0.25) is 0 Å². The first-order valence-electron chi connectivity index (χ1n) is 11.7. The molecule has 182 valence electrons. The summed E-state index contributed by atoms with van der Waals surface area (Å²) in [6.45, 7) is 2.22. The Morgan fingerprint density at radius 1 is 0.917 bits per heavy atom. The zero-order chi connectivity index (χ0) is 25.2. The van der Waals surface area contributed by atoms with Crippen molar-refractivity contribution < 1.29 is 28.7 Å². The normalized spacial score (nSPS) is 14.0. The number of nitrogens with zero attached hydrogens (tertiary/aromatic N) is 2. The standard InChI is InChI=1S/C28H24N2O6/c1-2-35-24-12-11-18(16-30-26(32)20-8-4-5-9-21(20)27(30)33)15-22(24)28(34)36-17-25(31)29-14-13-19-7-3-6-10-23(19)29/h3-12,15H,2,13-14,16-17H2,1H3. The third kappa shape index (κ3) is 4.22. The topological polar surface area (TPSA) is 93.2 Å². The highest BCUT2D eigenvalue weighted by Gasteiger charge is 2.35. The number of fused-ring (bicyclic) bond motifs is 2. The maximum absolute atomic E-state index is 13.0. The summed E-state index contributed by atoms with van der Waals surface area (Å²) in [5.74, 6) is -1.50. The van der Waals surface area contributed by atoms with E-state index in [2.05, 4.69) is 0 Å². The minimum absolute atomic E-state index is 0.0114. The van der Waals surface area contributed by atoms with Gasteiger partial charge in [-0.1, -0.05) is 36.4 Å². The first kappa shape index (κ1) is 23.3. The smallest absolute Gasteiger partial charge is 0.342 e. The Kier molecular flexibility index (Phi) is 6.25. The minimum Gasteiger partial charge on any atom is -0.493 e. The molecule has 3 aromatic rings. The molecule has 0 saturated heterocycles. The number of carbonyl (C=O) groups is 4. The van der Waals surface area contributed by atoms with Crippen LogP contribution >= 0.6 is 0 Å². The van der Waals surface area contributed by atoms with Crippen molar-refractivity contribution in [3.05, 3.63) is 94.5 Å². The van der Waals surface area contributed by atoms with Gasteiger partial charge in [0.1, 0.15) is 11.3 Å². The van der Waals surface area contributed by atoms with Crippen LogP contribution in [0.15, 0.2) is 66.7 Å². The summed E-state index contributed by atoms with van der Waals surface area (Å²) in [5.41, 5.74) is 3.30. The van der Waals surface area contributed by atoms with Gasteiger partial charge in [0, 0.05) is 12.2 Å². The molecule has 2 heterocycles. The number of amides is 3. The van der Waals surface area contributed by atoms with E-state index in [9.17, 15) is 19.2 Å². The summed E-state index contributed by atoms with van der Waals surface area (Å²) >= 11 is 0. The fraction of sp³-hybridized carbons (Fsp3) is 0.214. The Labute approximate surface area is 208 Å². The molecule has 3 amide bonds. The Hall–Kier alpha value is -4.46. The number of rotatable bonds is 7. The van der Waals surface area contributed by atoms with E-state index in [1.165, 1.54) is 6.07 Å². The number of ether oxygens (including phenoxy) is 2. The fourth-order valence-corrected chi connectivity index (χ4v) is 4.56. The Morgan fingerprint density at radius 3 is 2.33 bits per heavy atom. The first-order chi connectivity index (χ1) is 17.5. The molecule has 0 saturated carbocycles. The number of hydrogen-bond acceptors (Lipinski definition) is 6. The number of carbonyl (C=O) groups excluding carboxylic acids is 4. The summed E-state index contributed by atoms with van der Waals surface area (Å²) in [6.07, 6.45) is 0.754. The van der Waals surface area contributed by atoms with Gasteiger partial charge in [0.2, 0.25) is 0 Å². The first-order valence-corrected chi connectivity index (χ1v) is 11.7. The second-order valence-electron chi connectivity index (χ2n) is 8.51. The number of esters is 1. The van der Waals surface area contributed by atoms with Crippen molar-refractivity contribution in [1.82, 2.24) is 4.90 Å². The lowest BCUT2D eigenvalue weighted by Gasteiger charge is -2.18. The van der Waals surface area contributed by atoms with Gasteiger partial charge in [-0.25, -0.2) is 4.79 Å². The maximum atomic E-state index is 13.0. The van der Waals surface area contributed by atoms with Crippen LogP contribution in [0.25, 0.3) is 0 Å². The molecule has 0 atom stereocenters. The van der Waals surface area contributed by atoms with E-state index in [-0.39, 0.29) is 29.8 Å². The molecule has 0 unspecified atom stereocenters. The third-order valence-electron chi connectivity index (χ3n) is 6.30. The zero-order valence-corrected chi connectivity index (χ0v) is 19.7. The van der Waals surface area contributed by atoms with Crippen LogP contribution in [0.1, 0.15) is 49.1 Å². The molecule has 0 N–H and O–H groups in total. The van der Waals surface area contributed by atoms with Gasteiger partial charge in [-0.15, -0.1) is 0 Å². The van der Waals surface area contributed by atoms with Crippen molar-refractivity contribution in [3.8, 4) is 5.75 Å². The summed E-state index contributed by atoms with van der Waals surface area (Å²) in [4.78, 5) is 54.0. The van der Waals surface area contributed by atoms with Gasteiger partial charge in [-0.2, -0.15) is 0 Å². The maximum Gasteiger partial charge on any atom is 0.342 e. The average Bonchev–Trinajstić information content (AvgIpc) is 3.43. The molecule has 2 aliphatic rings. The van der Waals surface area contributed by atoms with Crippen molar-refractivity contribution in [1.29, 1.82) is 0 Å². The molecule has 5 rings (SSSR count). The quantitative estimate of drug-likeness (QED) is 0.376. The highest BCUT2D eigenvalue weighted by molar-refractivity contribution is 6.21. The molecule has 8 nitrogen and oxygen atoms in total. The average molecular weight is 485 g/mol. The van der Waals surface area contributed by atoms with E-state index in [0.717, 1.165) is 22.6 Å². The number of anilines is 1. The van der Waals surface area contributed by atoms with Crippen LogP contribution in [-0.2, 0) is 22.5 Å². The van der Waals surface area contributed by atoms with E-state index >= 15 is 0 Å². The Morgan fingerprint density at radius 2 is 1.61 bits per heavy atom. The van der Waals surface area contributed by atoms with Crippen molar-refractivity contribution in [3.63, 3.8) is 0 Å². The van der Waals surface area contributed by atoms with E-state index in [1.54, 1.807) is 48.2 Å². The molecule has 36 heavy (non-hydrogen) atoms. The molecule has 0 spiro atoms. The largest absolute Gasteiger partial charge is 0.493 e. The van der Waals surface area contributed by atoms with E-state index in [1.807, 2.05) is 24.3 Å². The number of imide groups is 1. The zero-order valence-electron chi connectivity index (χ0n) is 19.7. The molecule has 0 radical (unpaired) electrons. The van der Waals surface area contributed by atoms with Gasteiger partial charge in [0.05, 0.1) is 24.3 Å². The fourth-order valence-electron chi connectivity index (χ4n) is 4.56. The molecule has 8 heteroatoms. The second kappa shape index (κ2) is 9.65. The third-order valence-corrected chi connectivity index (χ3v) is 6.30. The second-order valence-corrected chi connectivity index (χ2v) is 8.51. The lowest BCUT2D eigenvalue weighted by molar-refractivity contribution is -0.121. The molecule has 0 fully saturated rings. The van der Waals surface area contributed by atoms with Crippen LogP contribution in [0.5, 0.6) is 5.75 Å². The molecule has 3 aromatic carbocycles. The molecular weight excluding hydrogens is 460 g/mol. The number of para-hydroxylation sites is 1. The number of hydrogen-bond donors (Lipinski definition) is 0.